The van der Waals surface area contributed by atoms with E-state index in [-0.39, 0.29) is 12.4 Å². The number of fused-ring (bicyclic) bond motifs is 2. The van der Waals surface area contributed by atoms with E-state index in [1.165, 1.54) is 0 Å². The van der Waals surface area contributed by atoms with Gasteiger partial charge < -0.3 is 20.1 Å². The Labute approximate surface area is 241 Å². The molecule has 5 heterocycles. The van der Waals surface area contributed by atoms with Crippen LogP contribution in [-0.4, -0.2) is 69.2 Å². The molecule has 5 aromatic rings. The molecule has 212 valence electrons. The van der Waals surface area contributed by atoms with Gasteiger partial charge in [-0.05, 0) is 43.3 Å². The van der Waals surface area contributed by atoms with Gasteiger partial charge in [0.25, 0.3) is 0 Å². The lowest BCUT2D eigenvalue weighted by Crippen LogP contribution is -2.37. The molecule has 1 fully saturated rings. The van der Waals surface area contributed by atoms with Gasteiger partial charge in [-0.25, -0.2) is 19.7 Å². The Morgan fingerprint density at radius 2 is 1.86 bits per heavy atom. The minimum atomic E-state index is -0.930. The van der Waals surface area contributed by atoms with Crippen molar-refractivity contribution in [3.05, 3.63) is 84.1 Å². The van der Waals surface area contributed by atoms with Crippen LogP contribution in [0, 0.1) is 0 Å². The van der Waals surface area contributed by atoms with E-state index in [0.29, 0.717) is 30.1 Å². The zero-order valence-electron chi connectivity index (χ0n) is 22.9. The highest BCUT2D eigenvalue weighted by Crippen LogP contribution is 2.27. The van der Waals surface area contributed by atoms with Crippen molar-refractivity contribution in [3.63, 3.8) is 0 Å². The van der Waals surface area contributed by atoms with Gasteiger partial charge in [0.2, 0.25) is 0 Å². The molecule has 0 radical (unpaired) electrons. The number of hydrogen-bond donors (Lipinski definition) is 1. The third kappa shape index (κ3) is 5.74. The van der Waals surface area contributed by atoms with Gasteiger partial charge in [0.1, 0.15) is 0 Å². The van der Waals surface area contributed by atoms with E-state index < -0.39 is 6.16 Å². The average Bonchev–Trinajstić information content (AvgIpc) is 3.47. The van der Waals surface area contributed by atoms with Crippen LogP contribution in [0.3, 0.4) is 0 Å². The number of carbonyl (C=O) groups excluding carboxylic acids is 1. The van der Waals surface area contributed by atoms with Gasteiger partial charge in [0, 0.05) is 36.4 Å². The Hall–Kier alpha value is -5.36. The largest absolute Gasteiger partial charge is 0.535 e. The van der Waals surface area contributed by atoms with Gasteiger partial charge in [0.15, 0.2) is 17.3 Å². The molecule has 0 bridgehead atoms. The lowest BCUT2D eigenvalue weighted by Gasteiger charge is -2.28. The van der Waals surface area contributed by atoms with E-state index in [0.717, 1.165) is 46.9 Å². The van der Waals surface area contributed by atoms with Gasteiger partial charge in [-0.1, -0.05) is 29.4 Å². The number of amidine groups is 1. The molecule has 1 aromatic carbocycles. The summed E-state index contributed by atoms with van der Waals surface area (Å²) in [5.41, 5.74) is 11.0. The smallest absolute Gasteiger partial charge is 0.433 e. The van der Waals surface area contributed by atoms with Gasteiger partial charge >= 0.3 is 6.16 Å². The normalized spacial score (nSPS) is 14.1. The quantitative estimate of drug-likeness (QED) is 0.101. The van der Waals surface area contributed by atoms with Crippen LogP contribution in [0.4, 0.5) is 10.6 Å². The first-order chi connectivity index (χ1) is 20.6. The number of para-hydroxylation sites is 1. The van der Waals surface area contributed by atoms with Gasteiger partial charge in [-0.15, -0.1) is 0 Å². The number of pyridine rings is 2. The minimum absolute atomic E-state index is 0.00889. The Morgan fingerprint density at radius 3 is 2.67 bits per heavy atom. The molecule has 12 nitrogen and oxygen atoms in total. The molecule has 0 amide bonds. The molecule has 0 unspecified atom stereocenters. The van der Waals surface area contributed by atoms with E-state index in [4.69, 9.17) is 25.4 Å². The highest BCUT2D eigenvalue weighted by Gasteiger charge is 2.20. The van der Waals surface area contributed by atoms with Crippen molar-refractivity contribution >= 4 is 46.5 Å². The molecule has 2 N–H and O–H groups in total. The molecule has 42 heavy (non-hydrogen) atoms. The van der Waals surface area contributed by atoms with E-state index in [2.05, 4.69) is 30.7 Å². The van der Waals surface area contributed by atoms with Crippen LogP contribution in [0.1, 0.15) is 23.9 Å². The van der Waals surface area contributed by atoms with Crippen molar-refractivity contribution < 1.29 is 19.1 Å². The topological polar surface area (TPSA) is 142 Å². The zero-order valence-corrected chi connectivity index (χ0v) is 22.9. The summed E-state index contributed by atoms with van der Waals surface area (Å²) in [6.07, 6.45) is 8.23. The summed E-state index contributed by atoms with van der Waals surface area (Å²) in [6, 6.07) is 15.6. The van der Waals surface area contributed by atoms with Gasteiger partial charge in [-0.3, -0.25) is 14.2 Å². The van der Waals surface area contributed by atoms with Crippen LogP contribution < -0.4 is 10.6 Å². The number of oxime groups is 1. The number of aromatic nitrogens is 5. The van der Waals surface area contributed by atoms with Crippen LogP contribution in [0.5, 0.6) is 0 Å². The van der Waals surface area contributed by atoms with Crippen LogP contribution in [-0.2, 0) is 14.3 Å². The van der Waals surface area contributed by atoms with Crippen LogP contribution in [0.25, 0.3) is 40.1 Å². The number of ether oxygens (including phenoxy) is 2. The number of anilines is 1. The van der Waals surface area contributed by atoms with Gasteiger partial charge in [0.05, 0.1) is 54.3 Å². The number of rotatable bonds is 7. The fraction of sp³-hybridized carbons (Fsp3) is 0.200. The van der Waals surface area contributed by atoms with Crippen molar-refractivity contribution in [1.82, 2.24) is 24.3 Å². The maximum absolute atomic E-state index is 11.4. The van der Waals surface area contributed by atoms with E-state index >= 15 is 0 Å². The maximum Gasteiger partial charge on any atom is 0.535 e. The molecule has 0 aliphatic carbocycles. The van der Waals surface area contributed by atoms with Crippen molar-refractivity contribution in [1.29, 1.82) is 0 Å². The standard InChI is InChI=1S/C30H28N8O4/c1-2-41-30(39)42-36-27(31)21-8-12-25(32-17-21)26-18-33-28(37-13-15-40-16-14-37)29-35-23(19-38(26)29)11-10-22-9-7-20-5-3-4-6-24(20)34-22/h3-12,17-19H,2,13-16H2,1H3,(H2,31,36)/b11-10+. The third-order valence-electron chi connectivity index (χ3n) is 6.65. The number of benzene rings is 1. The molecule has 0 atom stereocenters. The van der Waals surface area contributed by atoms with Crippen LogP contribution in [0.15, 0.2) is 72.3 Å². The van der Waals surface area contributed by atoms with Crippen molar-refractivity contribution in [2.75, 3.05) is 37.8 Å². The number of carbonyl (C=O) groups is 1. The highest BCUT2D eigenvalue weighted by atomic mass is 16.8. The SMILES string of the molecule is CCOC(=O)O/N=C(\N)c1ccc(-c2cnc(N3CCOCC3)c3nc(/C=C/c4ccc5ccccc5n4)cn23)nc1. The van der Waals surface area contributed by atoms with Crippen molar-refractivity contribution in [3.8, 4) is 11.4 Å². The number of nitrogens with zero attached hydrogens (tertiary/aromatic N) is 7. The lowest BCUT2D eigenvalue weighted by molar-refractivity contribution is 0.0613. The number of morpholine rings is 1. The first kappa shape index (κ1) is 26.8. The van der Waals surface area contributed by atoms with Crippen LogP contribution >= 0.6 is 0 Å². The first-order valence-electron chi connectivity index (χ1n) is 13.5. The zero-order chi connectivity index (χ0) is 28.9. The predicted molar refractivity (Wildman–Crippen MR) is 159 cm³/mol. The summed E-state index contributed by atoms with van der Waals surface area (Å²) in [5.74, 6) is 0.764. The van der Waals surface area contributed by atoms with Gasteiger partial charge in [-0.2, -0.15) is 0 Å². The minimum Gasteiger partial charge on any atom is -0.433 e. The summed E-state index contributed by atoms with van der Waals surface area (Å²) >= 11 is 0. The molecule has 1 aliphatic rings. The summed E-state index contributed by atoms with van der Waals surface area (Å²) in [7, 11) is 0. The molecular weight excluding hydrogens is 536 g/mol. The average molecular weight is 565 g/mol. The second-order valence-corrected chi connectivity index (χ2v) is 9.37. The van der Waals surface area contributed by atoms with E-state index in [1.54, 1.807) is 31.5 Å². The van der Waals surface area contributed by atoms with E-state index in [1.807, 2.05) is 53.1 Å². The molecular formula is C30H28N8O4. The Morgan fingerprint density at radius 1 is 1.02 bits per heavy atom. The molecule has 12 heteroatoms. The fourth-order valence-corrected chi connectivity index (χ4v) is 4.58. The summed E-state index contributed by atoms with van der Waals surface area (Å²) < 4.78 is 12.2. The number of nitrogens with two attached hydrogens (primary N) is 1. The molecule has 1 aliphatic heterocycles. The van der Waals surface area contributed by atoms with Crippen molar-refractivity contribution in [2.24, 2.45) is 10.9 Å². The predicted octanol–water partition coefficient (Wildman–Crippen LogP) is 4.14. The maximum atomic E-state index is 11.4. The third-order valence-corrected chi connectivity index (χ3v) is 6.65. The molecule has 0 saturated carbocycles. The molecule has 0 spiro atoms. The van der Waals surface area contributed by atoms with Crippen LogP contribution in [0.2, 0.25) is 0 Å². The molecule has 1 saturated heterocycles. The summed E-state index contributed by atoms with van der Waals surface area (Å²) in [5, 5.41) is 4.71. The molecule has 4 aromatic heterocycles. The number of imidazole rings is 1. The number of hydrogen-bond acceptors (Lipinski definition) is 10. The Balaban J connectivity index is 1.33. The van der Waals surface area contributed by atoms with E-state index in [9.17, 15) is 4.79 Å². The second-order valence-electron chi connectivity index (χ2n) is 9.37. The molecule has 6 rings (SSSR count). The first-order valence-corrected chi connectivity index (χ1v) is 13.5. The lowest BCUT2D eigenvalue weighted by atomic mass is 10.2. The summed E-state index contributed by atoms with van der Waals surface area (Å²) in [4.78, 5) is 37.3. The second kappa shape index (κ2) is 12.0. The Kier molecular flexibility index (Phi) is 7.68. The monoisotopic (exact) mass is 564 g/mol. The van der Waals surface area contributed by atoms with Crippen molar-refractivity contribution in [2.45, 2.75) is 6.92 Å². The summed E-state index contributed by atoms with van der Waals surface area (Å²) in [6.45, 7) is 4.54. The Bertz CT molecular complexity index is 1790. The fourth-order valence-electron chi connectivity index (χ4n) is 4.58. The highest BCUT2D eigenvalue weighted by molar-refractivity contribution is 5.97.